The summed E-state index contributed by atoms with van der Waals surface area (Å²) in [5.41, 5.74) is 9.58. The molecular weight excluding hydrogens is 370 g/mol. The molecule has 8 heteroatoms. The Morgan fingerprint density at radius 1 is 1.03 bits per heavy atom. The maximum Gasteiger partial charge on any atom is 0.269 e. The summed E-state index contributed by atoms with van der Waals surface area (Å²) in [5, 5.41) is 10.9. The number of rotatable bonds is 4. The number of amides is 1. The predicted molar refractivity (Wildman–Crippen MR) is 110 cm³/mol. The van der Waals surface area contributed by atoms with Gasteiger partial charge in [0.2, 0.25) is 5.91 Å². The van der Waals surface area contributed by atoms with Crippen molar-refractivity contribution in [2.45, 2.75) is 13.0 Å². The number of anilines is 1. The van der Waals surface area contributed by atoms with Crippen LogP contribution in [0.2, 0.25) is 0 Å². The molecule has 29 heavy (non-hydrogen) atoms. The molecule has 0 saturated carbocycles. The van der Waals surface area contributed by atoms with Crippen molar-refractivity contribution in [3.05, 3.63) is 69.8 Å². The molecular formula is C21H25N5O3. The van der Waals surface area contributed by atoms with Crippen LogP contribution in [0.1, 0.15) is 17.2 Å². The molecule has 0 spiro atoms. The van der Waals surface area contributed by atoms with Gasteiger partial charge in [-0.1, -0.05) is 29.8 Å². The van der Waals surface area contributed by atoms with Crippen LogP contribution in [0.25, 0.3) is 0 Å². The van der Waals surface area contributed by atoms with Crippen molar-refractivity contribution in [2.24, 2.45) is 5.92 Å². The van der Waals surface area contributed by atoms with Gasteiger partial charge in [0.1, 0.15) is 0 Å². The van der Waals surface area contributed by atoms with Crippen molar-refractivity contribution in [3.8, 4) is 0 Å². The maximum absolute atomic E-state index is 13.2. The number of nitrogens with one attached hydrogen (secondary N) is 2. The minimum atomic E-state index is -0.416. The minimum Gasteiger partial charge on any atom is -0.368 e. The monoisotopic (exact) mass is 395 g/mol. The summed E-state index contributed by atoms with van der Waals surface area (Å²) in [5.74, 6) is -0.114. The fourth-order valence-corrected chi connectivity index (χ4v) is 4.02. The molecule has 2 fully saturated rings. The summed E-state index contributed by atoms with van der Waals surface area (Å²) >= 11 is 0. The Hall–Kier alpha value is -2.97. The van der Waals surface area contributed by atoms with Gasteiger partial charge >= 0.3 is 0 Å². The number of hydrogen-bond donors (Lipinski definition) is 2. The first kappa shape index (κ1) is 19.4. The van der Waals surface area contributed by atoms with E-state index in [1.54, 1.807) is 12.1 Å². The Morgan fingerprint density at radius 2 is 1.69 bits per heavy atom. The molecule has 8 nitrogen and oxygen atoms in total. The van der Waals surface area contributed by atoms with Crippen molar-refractivity contribution < 1.29 is 9.72 Å². The van der Waals surface area contributed by atoms with Gasteiger partial charge in [0, 0.05) is 50.5 Å². The third kappa shape index (κ3) is 4.08. The molecule has 1 amide bonds. The number of hydrogen-bond acceptors (Lipinski definition) is 6. The van der Waals surface area contributed by atoms with Gasteiger partial charge in [-0.15, -0.1) is 0 Å². The molecule has 2 heterocycles. The van der Waals surface area contributed by atoms with Gasteiger partial charge in [0.25, 0.3) is 5.69 Å². The zero-order valence-corrected chi connectivity index (χ0v) is 16.4. The Bertz CT molecular complexity index is 876. The van der Waals surface area contributed by atoms with Gasteiger partial charge in [-0.3, -0.25) is 20.3 Å². The largest absolute Gasteiger partial charge is 0.368 e. The molecule has 0 radical (unpaired) electrons. The van der Waals surface area contributed by atoms with E-state index < -0.39 is 4.92 Å². The van der Waals surface area contributed by atoms with E-state index in [9.17, 15) is 14.9 Å². The molecule has 2 N–H and O–H groups in total. The lowest BCUT2D eigenvalue weighted by Gasteiger charge is -2.37. The van der Waals surface area contributed by atoms with Crippen molar-refractivity contribution in [1.82, 2.24) is 15.8 Å². The summed E-state index contributed by atoms with van der Waals surface area (Å²) in [6, 6.07) is 14.7. The molecule has 2 atom stereocenters. The summed E-state index contributed by atoms with van der Waals surface area (Å²) in [4.78, 5) is 27.9. The smallest absolute Gasteiger partial charge is 0.269 e. The number of benzene rings is 2. The molecule has 2 unspecified atom stereocenters. The normalized spacial score (nSPS) is 22.0. The summed E-state index contributed by atoms with van der Waals surface area (Å²) in [7, 11) is 0. The molecule has 0 aliphatic carbocycles. The van der Waals surface area contributed by atoms with Crippen molar-refractivity contribution in [2.75, 3.05) is 37.6 Å². The Morgan fingerprint density at radius 3 is 2.31 bits per heavy atom. The average molecular weight is 395 g/mol. The van der Waals surface area contributed by atoms with Crippen LogP contribution in [0.5, 0.6) is 0 Å². The first-order chi connectivity index (χ1) is 14.0. The number of nitro benzene ring substituents is 1. The number of non-ortho nitro benzene ring substituents is 1. The fourth-order valence-electron chi connectivity index (χ4n) is 4.02. The van der Waals surface area contributed by atoms with Crippen LogP contribution in [0, 0.1) is 23.0 Å². The average Bonchev–Trinajstić information content (AvgIpc) is 3.24. The Balaban J connectivity index is 1.40. The minimum absolute atomic E-state index is 0.0508. The highest BCUT2D eigenvalue weighted by Crippen LogP contribution is 2.28. The molecule has 2 saturated heterocycles. The highest BCUT2D eigenvalue weighted by atomic mass is 16.6. The molecule has 2 aromatic carbocycles. The van der Waals surface area contributed by atoms with E-state index in [2.05, 4.69) is 46.9 Å². The lowest BCUT2D eigenvalue weighted by Crippen LogP contribution is -2.51. The third-order valence-electron chi connectivity index (χ3n) is 5.75. The molecule has 0 aromatic heterocycles. The molecule has 0 bridgehead atoms. The second kappa shape index (κ2) is 8.18. The van der Waals surface area contributed by atoms with Gasteiger partial charge in [-0.05, 0) is 24.6 Å². The van der Waals surface area contributed by atoms with E-state index in [1.807, 2.05) is 4.90 Å². The third-order valence-corrected chi connectivity index (χ3v) is 5.75. The van der Waals surface area contributed by atoms with E-state index in [-0.39, 0.29) is 23.6 Å². The predicted octanol–water partition coefficient (Wildman–Crippen LogP) is 2.02. The van der Waals surface area contributed by atoms with Crippen molar-refractivity contribution >= 4 is 17.3 Å². The second-order valence-electron chi connectivity index (χ2n) is 7.61. The zero-order valence-electron chi connectivity index (χ0n) is 16.4. The first-order valence-electron chi connectivity index (χ1n) is 9.86. The second-order valence-corrected chi connectivity index (χ2v) is 7.61. The summed E-state index contributed by atoms with van der Waals surface area (Å²) in [6.45, 7) is 5.62. The van der Waals surface area contributed by atoms with Crippen molar-refractivity contribution in [3.63, 3.8) is 0 Å². The molecule has 4 rings (SSSR count). The van der Waals surface area contributed by atoms with Crippen LogP contribution in [-0.2, 0) is 4.79 Å². The summed E-state index contributed by atoms with van der Waals surface area (Å²) in [6.07, 6.45) is 0. The summed E-state index contributed by atoms with van der Waals surface area (Å²) < 4.78 is 0. The topological polar surface area (TPSA) is 90.8 Å². The standard InChI is InChI=1S/C21H25N5O3/c1-15-2-6-17(7-3-15)24-10-12-25(13-11-24)21(27)19-14-22-23-20(19)16-4-8-18(9-5-16)26(28)29/h2-9,19-20,22-23H,10-14H2,1H3. The molecule has 2 aliphatic heterocycles. The van der Waals surface area contributed by atoms with Gasteiger partial charge in [0.15, 0.2) is 0 Å². The number of hydrazine groups is 1. The van der Waals surface area contributed by atoms with Crippen LogP contribution in [0.3, 0.4) is 0 Å². The number of aryl methyl sites for hydroxylation is 1. The highest BCUT2D eigenvalue weighted by molar-refractivity contribution is 5.81. The first-order valence-corrected chi connectivity index (χ1v) is 9.86. The quantitative estimate of drug-likeness (QED) is 0.608. The number of carbonyl (C=O) groups is 1. The van der Waals surface area contributed by atoms with Crippen molar-refractivity contribution in [1.29, 1.82) is 0 Å². The van der Waals surface area contributed by atoms with Gasteiger partial charge in [-0.25, -0.2) is 5.43 Å². The maximum atomic E-state index is 13.2. The lowest BCUT2D eigenvalue weighted by molar-refractivity contribution is -0.384. The van der Waals surface area contributed by atoms with Crippen LogP contribution >= 0.6 is 0 Å². The Kier molecular flexibility index (Phi) is 5.46. The van der Waals surface area contributed by atoms with E-state index in [4.69, 9.17) is 0 Å². The molecule has 2 aromatic rings. The van der Waals surface area contributed by atoms with Crippen LogP contribution in [0.4, 0.5) is 11.4 Å². The van der Waals surface area contributed by atoms with Crippen LogP contribution in [0.15, 0.2) is 48.5 Å². The number of nitro groups is 1. The van der Waals surface area contributed by atoms with Crippen LogP contribution in [-0.4, -0.2) is 48.5 Å². The van der Waals surface area contributed by atoms with Gasteiger partial charge in [0.05, 0.1) is 16.9 Å². The van der Waals surface area contributed by atoms with Gasteiger partial charge < -0.3 is 9.80 Å². The van der Waals surface area contributed by atoms with Gasteiger partial charge in [-0.2, -0.15) is 0 Å². The lowest BCUT2D eigenvalue weighted by atomic mass is 9.93. The van der Waals surface area contributed by atoms with Crippen LogP contribution < -0.4 is 15.8 Å². The SMILES string of the molecule is Cc1ccc(N2CCN(C(=O)C3CNNC3c3ccc([N+](=O)[O-])cc3)CC2)cc1. The van der Waals surface area contributed by atoms with E-state index in [1.165, 1.54) is 23.4 Å². The zero-order chi connectivity index (χ0) is 20.4. The number of nitrogens with zero attached hydrogens (tertiary/aromatic N) is 3. The van der Waals surface area contributed by atoms with E-state index in [0.29, 0.717) is 19.6 Å². The molecule has 2 aliphatic rings. The molecule has 152 valence electrons. The highest BCUT2D eigenvalue weighted by Gasteiger charge is 2.37. The Labute approximate surface area is 169 Å². The fraction of sp³-hybridized carbons (Fsp3) is 0.381. The number of piperazine rings is 1. The van der Waals surface area contributed by atoms with E-state index in [0.717, 1.165) is 18.7 Å². The number of carbonyl (C=O) groups excluding carboxylic acids is 1. The van der Waals surface area contributed by atoms with E-state index >= 15 is 0 Å².